The maximum absolute atomic E-state index is 7.31. The molecule has 1 aromatic heterocycles. The Morgan fingerprint density at radius 3 is 1.13 bits per heavy atom. The van der Waals surface area contributed by atoms with Crippen LogP contribution in [0.15, 0.2) is 235 Å². The van der Waals surface area contributed by atoms with E-state index in [1.807, 2.05) is 0 Å². The molecule has 14 aromatic carbocycles. The first-order valence-corrected chi connectivity index (χ1v) is 23.2. The lowest BCUT2D eigenvalue weighted by atomic mass is 9.85. The van der Waals surface area contributed by atoms with Crippen molar-refractivity contribution in [2.45, 2.75) is 0 Å². The van der Waals surface area contributed by atoms with Crippen LogP contribution in [0.1, 0.15) is 0 Å². The average molecular weight is 847 g/mol. The quantitative estimate of drug-likeness (QED) is 0.157. The fourth-order valence-electron chi connectivity index (χ4n) is 11.7. The van der Waals surface area contributed by atoms with Crippen LogP contribution in [0.2, 0.25) is 0 Å². The van der Waals surface area contributed by atoms with Crippen LogP contribution in [-0.4, -0.2) is 0 Å². The maximum Gasteiger partial charge on any atom is 0.143 e. The summed E-state index contributed by atoms with van der Waals surface area (Å²) in [5, 5.41) is 19.8. The van der Waals surface area contributed by atoms with Crippen LogP contribution >= 0.6 is 0 Å². The molecule has 0 aliphatic carbocycles. The second kappa shape index (κ2) is 13.9. The summed E-state index contributed by atoms with van der Waals surface area (Å²) in [7, 11) is 0. The van der Waals surface area contributed by atoms with Gasteiger partial charge in [-0.1, -0.05) is 206 Å². The van der Waals surface area contributed by atoms with E-state index in [-0.39, 0.29) is 0 Å². The van der Waals surface area contributed by atoms with E-state index in [0.717, 1.165) is 32.9 Å². The van der Waals surface area contributed by atoms with E-state index in [0.29, 0.717) is 0 Å². The number of rotatable bonds is 5. The van der Waals surface area contributed by atoms with Crippen molar-refractivity contribution in [3.05, 3.63) is 231 Å². The average Bonchev–Trinajstić information content (AvgIpc) is 3.77. The highest BCUT2D eigenvalue weighted by atomic mass is 16.3. The van der Waals surface area contributed by atoms with Crippen molar-refractivity contribution in [3.63, 3.8) is 0 Å². The Balaban J connectivity index is 1.01. The standard InChI is InChI=1S/C66H38O/c1-4-10-39(11-5-1)46-16-17-47-37-59-60(38-48(47)36-46)67-66-58(52-29-21-45-23-31-54-50(41-14-8-3-9-15-41)27-19-43-25-33-56(52)64(45)62(43)54)35-34-57(65(59)66)51-28-20-44-22-30-53-49(40-12-6-2-7-13-40)26-18-42-24-32-55(51)63(44)61(42)53/h1-38H. The molecule has 0 atom stereocenters. The monoisotopic (exact) mass is 846 g/mol. The zero-order valence-electron chi connectivity index (χ0n) is 36.3. The minimum Gasteiger partial charge on any atom is -0.455 e. The van der Waals surface area contributed by atoms with Crippen LogP contribution < -0.4 is 0 Å². The molecule has 0 saturated carbocycles. The second-order valence-electron chi connectivity index (χ2n) is 18.3. The molecule has 0 radical (unpaired) electrons. The van der Waals surface area contributed by atoms with Gasteiger partial charge in [-0.15, -0.1) is 0 Å². The lowest BCUT2D eigenvalue weighted by Gasteiger charge is -2.18. The Morgan fingerprint density at radius 1 is 0.209 bits per heavy atom. The topological polar surface area (TPSA) is 13.1 Å². The Bertz CT molecular complexity index is 4470. The van der Waals surface area contributed by atoms with Crippen molar-refractivity contribution in [1.29, 1.82) is 0 Å². The molecule has 0 aliphatic rings. The van der Waals surface area contributed by atoms with Crippen LogP contribution in [0.4, 0.5) is 0 Å². The van der Waals surface area contributed by atoms with E-state index >= 15 is 0 Å². The van der Waals surface area contributed by atoms with Gasteiger partial charge in [0.25, 0.3) is 0 Å². The first kappa shape index (κ1) is 36.5. The molecule has 1 nitrogen and oxygen atoms in total. The van der Waals surface area contributed by atoms with Gasteiger partial charge in [0.1, 0.15) is 11.2 Å². The maximum atomic E-state index is 7.31. The molecule has 0 fully saturated rings. The molecule has 0 saturated heterocycles. The van der Waals surface area contributed by atoms with Crippen LogP contribution in [-0.2, 0) is 0 Å². The third-order valence-corrected chi connectivity index (χ3v) is 14.8. The molecule has 0 N–H and O–H groups in total. The highest BCUT2D eigenvalue weighted by Gasteiger charge is 2.23. The van der Waals surface area contributed by atoms with Gasteiger partial charge < -0.3 is 4.42 Å². The fraction of sp³-hybridized carbons (Fsp3) is 0. The van der Waals surface area contributed by atoms with Crippen molar-refractivity contribution >= 4 is 97.3 Å². The van der Waals surface area contributed by atoms with Crippen molar-refractivity contribution in [2.75, 3.05) is 0 Å². The van der Waals surface area contributed by atoms with Gasteiger partial charge in [0.15, 0.2) is 0 Å². The van der Waals surface area contributed by atoms with Crippen molar-refractivity contribution < 1.29 is 4.42 Å². The van der Waals surface area contributed by atoms with E-state index in [9.17, 15) is 0 Å². The molecule has 15 aromatic rings. The largest absolute Gasteiger partial charge is 0.455 e. The predicted molar refractivity (Wildman–Crippen MR) is 286 cm³/mol. The molecule has 15 rings (SSSR count). The zero-order chi connectivity index (χ0) is 43.7. The Hall–Kier alpha value is -8.78. The summed E-state index contributed by atoms with van der Waals surface area (Å²) >= 11 is 0. The van der Waals surface area contributed by atoms with Crippen molar-refractivity contribution in [2.24, 2.45) is 0 Å². The number of furan rings is 1. The SMILES string of the molecule is c1ccc(-c2ccc3cc4c(cc3c2)oc2c(-c3ccc5ccc6c(-c7ccccc7)ccc7ccc3c5c76)ccc(-c3ccc5ccc6c(-c7ccccc7)ccc7ccc3c5c76)c24)cc1. The van der Waals surface area contributed by atoms with Crippen LogP contribution in [0.5, 0.6) is 0 Å². The van der Waals surface area contributed by atoms with Gasteiger partial charge in [-0.25, -0.2) is 0 Å². The van der Waals surface area contributed by atoms with Crippen LogP contribution in [0.25, 0.3) is 153 Å². The molecule has 67 heavy (non-hydrogen) atoms. The number of benzene rings is 14. The van der Waals surface area contributed by atoms with E-state index < -0.39 is 0 Å². The molecule has 1 heterocycles. The number of hydrogen-bond donors (Lipinski definition) is 0. The van der Waals surface area contributed by atoms with Crippen LogP contribution in [0, 0.1) is 0 Å². The highest BCUT2D eigenvalue weighted by molar-refractivity contribution is 6.31. The molecule has 0 amide bonds. The smallest absolute Gasteiger partial charge is 0.143 e. The summed E-state index contributed by atoms with van der Waals surface area (Å²) in [6.07, 6.45) is 0. The van der Waals surface area contributed by atoms with Gasteiger partial charge in [0, 0.05) is 16.3 Å². The number of fused-ring (bicyclic) bond motifs is 4. The van der Waals surface area contributed by atoms with E-state index in [2.05, 4.69) is 231 Å². The molecule has 1 heteroatoms. The molecule has 308 valence electrons. The first-order chi connectivity index (χ1) is 33.2. The fourth-order valence-corrected chi connectivity index (χ4v) is 11.7. The summed E-state index contributed by atoms with van der Waals surface area (Å²) < 4.78 is 7.31. The third kappa shape index (κ3) is 5.31. The van der Waals surface area contributed by atoms with Gasteiger partial charge >= 0.3 is 0 Å². The summed E-state index contributed by atoms with van der Waals surface area (Å²) in [5.74, 6) is 0. The lowest BCUT2D eigenvalue weighted by molar-refractivity contribution is 0.670. The van der Waals surface area contributed by atoms with Gasteiger partial charge in [0.2, 0.25) is 0 Å². The summed E-state index contributed by atoms with van der Waals surface area (Å²) in [6, 6.07) is 85.2. The summed E-state index contributed by atoms with van der Waals surface area (Å²) in [5.41, 5.74) is 13.8. The van der Waals surface area contributed by atoms with Crippen molar-refractivity contribution in [3.8, 4) is 55.6 Å². The first-order valence-electron chi connectivity index (χ1n) is 23.2. The summed E-state index contributed by atoms with van der Waals surface area (Å²) in [6.45, 7) is 0. The van der Waals surface area contributed by atoms with E-state index in [1.165, 1.54) is 120 Å². The Kier molecular flexibility index (Phi) is 7.56. The van der Waals surface area contributed by atoms with Gasteiger partial charge in [-0.05, 0) is 150 Å². The van der Waals surface area contributed by atoms with Gasteiger partial charge in [-0.3, -0.25) is 0 Å². The number of hydrogen-bond acceptors (Lipinski definition) is 1. The van der Waals surface area contributed by atoms with Crippen molar-refractivity contribution in [1.82, 2.24) is 0 Å². The third-order valence-electron chi connectivity index (χ3n) is 14.8. The Morgan fingerprint density at radius 2 is 0.612 bits per heavy atom. The van der Waals surface area contributed by atoms with E-state index in [1.54, 1.807) is 0 Å². The molecule has 0 bridgehead atoms. The molecule has 0 unspecified atom stereocenters. The zero-order valence-corrected chi connectivity index (χ0v) is 36.3. The van der Waals surface area contributed by atoms with Gasteiger partial charge in [-0.2, -0.15) is 0 Å². The van der Waals surface area contributed by atoms with Gasteiger partial charge in [0.05, 0.1) is 0 Å². The molecule has 0 spiro atoms. The minimum atomic E-state index is 0.886. The normalized spacial score (nSPS) is 12.2. The second-order valence-corrected chi connectivity index (χ2v) is 18.3. The predicted octanol–water partition coefficient (Wildman–Crippen LogP) is 18.9. The minimum absolute atomic E-state index is 0.886. The van der Waals surface area contributed by atoms with Crippen LogP contribution in [0.3, 0.4) is 0 Å². The van der Waals surface area contributed by atoms with E-state index in [4.69, 9.17) is 4.42 Å². The molecular formula is C66H38O. The molecular weight excluding hydrogens is 809 g/mol. The lowest BCUT2D eigenvalue weighted by Crippen LogP contribution is -1.91. The summed E-state index contributed by atoms with van der Waals surface area (Å²) in [4.78, 5) is 0. The molecule has 0 aliphatic heterocycles. The Labute approximate surface area is 386 Å². The highest BCUT2D eigenvalue weighted by Crippen LogP contribution is 2.50.